The maximum absolute atomic E-state index is 13.3. The molecule has 5 nitrogen and oxygen atoms in total. The maximum atomic E-state index is 13.3. The van der Waals surface area contributed by atoms with Crippen LogP contribution in [0.25, 0.3) is 10.9 Å². The second kappa shape index (κ2) is 6.23. The number of ketones is 1. The minimum atomic E-state index is -0.365. The van der Waals surface area contributed by atoms with Crippen LogP contribution in [0.2, 0.25) is 0 Å². The molecular formula is C18H16FNO4. The fourth-order valence-electron chi connectivity index (χ4n) is 2.65. The molecule has 0 atom stereocenters. The highest BCUT2D eigenvalue weighted by atomic mass is 19.1. The van der Waals surface area contributed by atoms with E-state index in [-0.39, 0.29) is 11.6 Å². The number of nitrogens with one attached hydrogen (secondary N) is 1. The number of hydrogen-bond acceptors (Lipinski definition) is 4. The van der Waals surface area contributed by atoms with Crippen molar-refractivity contribution in [3.8, 4) is 17.2 Å². The summed E-state index contributed by atoms with van der Waals surface area (Å²) in [4.78, 5) is 15.8. The van der Waals surface area contributed by atoms with E-state index in [2.05, 4.69) is 4.98 Å². The average Bonchev–Trinajstić information content (AvgIpc) is 3.02. The maximum Gasteiger partial charge on any atom is 0.203 e. The molecule has 0 bridgehead atoms. The molecule has 0 unspecified atom stereocenters. The number of fused-ring (bicyclic) bond motifs is 1. The number of ether oxygens (including phenoxy) is 3. The number of benzene rings is 2. The van der Waals surface area contributed by atoms with Crippen molar-refractivity contribution in [2.75, 3.05) is 21.3 Å². The number of carbonyl (C=O) groups is 1. The van der Waals surface area contributed by atoms with Gasteiger partial charge < -0.3 is 19.2 Å². The van der Waals surface area contributed by atoms with E-state index < -0.39 is 0 Å². The van der Waals surface area contributed by atoms with Gasteiger partial charge in [-0.1, -0.05) is 0 Å². The summed E-state index contributed by atoms with van der Waals surface area (Å²) in [6.45, 7) is 0. The molecule has 1 aromatic heterocycles. The first kappa shape index (κ1) is 15.9. The zero-order valence-electron chi connectivity index (χ0n) is 13.5. The Hall–Kier alpha value is -3.02. The molecule has 0 aliphatic heterocycles. The summed E-state index contributed by atoms with van der Waals surface area (Å²) in [5, 5.41) is 0.648. The van der Waals surface area contributed by atoms with E-state index in [0.29, 0.717) is 39.3 Å². The highest BCUT2D eigenvalue weighted by Crippen LogP contribution is 2.39. The molecule has 0 amide bonds. The Morgan fingerprint density at radius 3 is 2.25 bits per heavy atom. The molecular weight excluding hydrogens is 313 g/mol. The Balaban J connectivity index is 2.12. The third-order valence-corrected chi connectivity index (χ3v) is 3.82. The zero-order chi connectivity index (χ0) is 17.3. The van der Waals surface area contributed by atoms with Gasteiger partial charge in [0.1, 0.15) is 5.82 Å². The highest BCUT2D eigenvalue weighted by Gasteiger charge is 2.20. The van der Waals surface area contributed by atoms with Gasteiger partial charge in [0, 0.05) is 28.2 Å². The Morgan fingerprint density at radius 2 is 1.67 bits per heavy atom. The van der Waals surface area contributed by atoms with E-state index in [4.69, 9.17) is 14.2 Å². The number of halogens is 1. The van der Waals surface area contributed by atoms with E-state index in [1.54, 1.807) is 24.4 Å². The number of carbonyl (C=O) groups excluding carboxylic acids is 1. The lowest BCUT2D eigenvalue weighted by atomic mass is 10.0. The zero-order valence-corrected chi connectivity index (χ0v) is 13.5. The molecule has 0 saturated heterocycles. The van der Waals surface area contributed by atoms with Crippen molar-refractivity contribution in [2.45, 2.75) is 0 Å². The largest absolute Gasteiger partial charge is 0.493 e. The summed E-state index contributed by atoms with van der Waals surface area (Å²) >= 11 is 0. The predicted octanol–water partition coefficient (Wildman–Crippen LogP) is 3.56. The molecule has 3 aromatic rings. The van der Waals surface area contributed by atoms with Gasteiger partial charge in [-0.15, -0.1) is 0 Å². The van der Waals surface area contributed by atoms with Gasteiger partial charge in [-0.05, 0) is 30.3 Å². The van der Waals surface area contributed by atoms with Crippen LogP contribution in [-0.4, -0.2) is 32.1 Å². The number of rotatable bonds is 5. The van der Waals surface area contributed by atoms with E-state index in [9.17, 15) is 9.18 Å². The van der Waals surface area contributed by atoms with Crippen molar-refractivity contribution >= 4 is 16.7 Å². The molecule has 2 aromatic carbocycles. The van der Waals surface area contributed by atoms with E-state index in [1.165, 1.54) is 33.5 Å². The van der Waals surface area contributed by atoms with Crippen LogP contribution in [0, 0.1) is 5.82 Å². The van der Waals surface area contributed by atoms with Crippen LogP contribution in [-0.2, 0) is 0 Å². The SMILES string of the molecule is COc1cc(C(=O)c2c[nH]c3cc(F)ccc23)cc(OC)c1OC. The van der Waals surface area contributed by atoms with Crippen LogP contribution in [0.1, 0.15) is 15.9 Å². The topological polar surface area (TPSA) is 60.6 Å². The summed E-state index contributed by atoms with van der Waals surface area (Å²) < 4.78 is 29.1. The summed E-state index contributed by atoms with van der Waals surface area (Å²) in [6, 6.07) is 7.42. The highest BCUT2D eigenvalue weighted by molar-refractivity contribution is 6.16. The van der Waals surface area contributed by atoms with Gasteiger partial charge in [-0.25, -0.2) is 4.39 Å². The average molecular weight is 329 g/mol. The van der Waals surface area contributed by atoms with Crippen molar-refractivity contribution in [2.24, 2.45) is 0 Å². The van der Waals surface area contributed by atoms with Crippen molar-refractivity contribution < 1.29 is 23.4 Å². The van der Waals surface area contributed by atoms with Crippen molar-refractivity contribution in [3.05, 3.63) is 53.5 Å². The Bertz CT molecular complexity index is 892. The molecule has 0 aliphatic rings. The van der Waals surface area contributed by atoms with Gasteiger partial charge in [0.15, 0.2) is 17.3 Å². The molecule has 0 spiro atoms. The minimum absolute atomic E-state index is 0.230. The fraction of sp³-hybridized carbons (Fsp3) is 0.167. The number of aromatic nitrogens is 1. The quantitative estimate of drug-likeness (QED) is 0.727. The fourth-order valence-corrected chi connectivity index (χ4v) is 2.65. The summed E-state index contributed by atoms with van der Waals surface area (Å²) in [5.74, 6) is 0.609. The Labute approximate surface area is 138 Å². The minimum Gasteiger partial charge on any atom is -0.493 e. The standard InChI is InChI=1S/C18H16FNO4/c1-22-15-6-10(7-16(23-2)18(15)24-3)17(21)13-9-20-14-8-11(19)4-5-12(13)14/h4-9,20H,1-3H3. The molecule has 0 radical (unpaired) electrons. The molecule has 6 heteroatoms. The first-order valence-electron chi connectivity index (χ1n) is 7.20. The lowest BCUT2D eigenvalue weighted by Crippen LogP contribution is -2.03. The van der Waals surface area contributed by atoms with Gasteiger partial charge in [-0.2, -0.15) is 0 Å². The van der Waals surface area contributed by atoms with Gasteiger partial charge in [0.25, 0.3) is 0 Å². The van der Waals surface area contributed by atoms with Crippen LogP contribution in [0.4, 0.5) is 4.39 Å². The van der Waals surface area contributed by atoms with Crippen LogP contribution in [0.3, 0.4) is 0 Å². The lowest BCUT2D eigenvalue weighted by molar-refractivity contribution is 0.103. The second-order valence-corrected chi connectivity index (χ2v) is 5.14. The summed E-state index contributed by atoms with van der Waals surface area (Å²) in [6.07, 6.45) is 1.57. The third kappa shape index (κ3) is 2.56. The van der Waals surface area contributed by atoms with Crippen LogP contribution >= 0.6 is 0 Å². The number of H-pyrrole nitrogens is 1. The van der Waals surface area contributed by atoms with E-state index in [0.717, 1.165) is 0 Å². The predicted molar refractivity (Wildman–Crippen MR) is 87.8 cm³/mol. The van der Waals surface area contributed by atoms with Gasteiger partial charge in [-0.3, -0.25) is 4.79 Å². The lowest BCUT2D eigenvalue weighted by Gasteiger charge is -2.13. The molecule has 0 aliphatic carbocycles. The van der Waals surface area contributed by atoms with Crippen molar-refractivity contribution in [1.82, 2.24) is 4.98 Å². The first-order chi connectivity index (χ1) is 11.6. The molecule has 24 heavy (non-hydrogen) atoms. The van der Waals surface area contributed by atoms with Crippen LogP contribution < -0.4 is 14.2 Å². The van der Waals surface area contributed by atoms with E-state index >= 15 is 0 Å². The second-order valence-electron chi connectivity index (χ2n) is 5.14. The van der Waals surface area contributed by atoms with Crippen molar-refractivity contribution in [3.63, 3.8) is 0 Å². The molecule has 3 rings (SSSR count). The van der Waals surface area contributed by atoms with Gasteiger partial charge in [0.2, 0.25) is 5.75 Å². The monoisotopic (exact) mass is 329 g/mol. The molecule has 1 heterocycles. The molecule has 0 saturated carbocycles. The van der Waals surface area contributed by atoms with Crippen LogP contribution in [0.15, 0.2) is 36.5 Å². The number of hydrogen-bond donors (Lipinski definition) is 1. The Kier molecular flexibility index (Phi) is 4.12. The molecule has 0 fully saturated rings. The van der Waals surface area contributed by atoms with Gasteiger partial charge in [0.05, 0.1) is 21.3 Å². The van der Waals surface area contributed by atoms with Crippen LogP contribution in [0.5, 0.6) is 17.2 Å². The summed E-state index contributed by atoms with van der Waals surface area (Å²) in [7, 11) is 4.47. The molecule has 1 N–H and O–H groups in total. The van der Waals surface area contributed by atoms with Gasteiger partial charge >= 0.3 is 0 Å². The van der Waals surface area contributed by atoms with E-state index in [1.807, 2.05) is 0 Å². The molecule has 124 valence electrons. The smallest absolute Gasteiger partial charge is 0.203 e. The Morgan fingerprint density at radius 1 is 1.00 bits per heavy atom. The number of methoxy groups -OCH3 is 3. The third-order valence-electron chi connectivity index (χ3n) is 3.82. The number of aromatic amines is 1. The van der Waals surface area contributed by atoms with Crippen molar-refractivity contribution in [1.29, 1.82) is 0 Å². The first-order valence-corrected chi connectivity index (χ1v) is 7.20. The normalized spacial score (nSPS) is 10.7. The summed E-state index contributed by atoms with van der Waals surface area (Å²) in [5.41, 5.74) is 1.39.